The zero-order valence-electron chi connectivity index (χ0n) is 13.1. The predicted molar refractivity (Wildman–Crippen MR) is 94.1 cm³/mol. The maximum absolute atomic E-state index is 12.6. The Morgan fingerprint density at radius 3 is 2.46 bits per heavy atom. The molecule has 3 rings (SSSR count). The number of hydrogen-bond acceptors (Lipinski definition) is 5. The lowest BCUT2D eigenvalue weighted by Crippen LogP contribution is -2.28. The van der Waals surface area contributed by atoms with E-state index in [1.807, 2.05) is 26.0 Å². The molecular weight excluding hydrogens is 326 g/mol. The molecule has 122 valence electrons. The van der Waals surface area contributed by atoms with Crippen molar-refractivity contribution in [2.45, 2.75) is 13.8 Å². The van der Waals surface area contributed by atoms with Crippen molar-refractivity contribution >= 4 is 34.7 Å². The lowest BCUT2D eigenvalue weighted by molar-refractivity contribution is -0.113. The van der Waals surface area contributed by atoms with Crippen molar-refractivity contribution in [1.29, 1.82) is 0 Å². The summed E-state index contributed by atoms with van der Waals surface area (Å²) in [5, 5.41) is 18.5. The summed E-state index contributed by atoms with van der Waals surface area (Å²) in [5.41, 5.74) is 2.90. The molecule has 24 heavy (non-hydrogen) atoms. The van der Waals surface area contributed by atoms with E-state index in [1.165, 1.54) is 23.1 Å². The van der Waals surface area contributed by atoms with Gasteiger partial charge in [-0.3, -0.25) is 9.59 Å². The first kappa shape index (κ1) is 16.1. The van der Waals surface area contributed by atoms with E-state index >= 15 is 0 Å². The van der Waals surface area contributed by atoms with Crippen LogP contribution in [0.4, 0.5) is 10.5 Å². The lowest BCUT2D eigenvalue weighted by Gasteiger charge is -2.16. The van der Waals surface area contributed by atoms with E-state index in [4.69, 9.17) is 0 Å². The van der Waals surface area contributed by atoms with Crippen molar-refractivity contribution in [2.24, 2.45) is 0 Å². The molecule has 0 unspecified atom stereocenters. The number of rotatable bonds is 2. The maximum atomic E-state index is 12.6. The van der Waals surface area contributed by atoms with Crippen molar-refractivity contribution in [3.63, 3.8) is 0 Å². The van der Waals surface area contributed by atoms with Crippen LogP contribution in [-0.4, -0.2) is 21.4 Å². The fourth-order valence-corrected chi connectivity index (χ4v) is 3.25. The third kappa shape index (κ3) is 2.88. The van der Waals surface area contributed by atoms with E-state index in [9.17, 15) is 19.8 Å². The molecule has 2 amide bonds. The zero-order valence-corrected chi connectivity index (χ0v) is 13.9. The Hall–Kier alpha value is -2.73. The Balaban J connectivity index is 1.98. The van der Waals surface area contributed by atoms with E-state index in [1.54, 1.807) is 12.1 Å². The number of aromatic hydroxyl groups is 2. The average molecular weight is 341 g/mol. The minimum atomic E-state index is -0.397. The molecule has 2 N–H and O–H groups in total. The van der Waals surface area contributed by atoms with Gasteiger partial charge in [0.2, 0.25) is 0 Å². The fraction of sp³-hybridized carbons (Fsp3) is 0.111. The molecule has 0 saturated carbocycles. The molecule has 0 bridgehead atoms. The number of carbonyl (C=O) groups excluding carboxylic acids is 2. The number of imide groups is 1. The van der Waals surface area contributed by atoms with Gasteiger partial charge in [-0.05, 0) is 66.6 Å². The third-order valence-corrected chi connectivity index (χ3v) is 4.57. The van der Waals surface area contributed by atoms with Crippen molar-refractivity contribution in [3.8, 4) is 11.5 Å². The number of hydrogen-bond donors (Lipinski definition) is 2. The van der Waals surface area contributed by atoms with Gasteiger partial charge in [0.05, 0.1) is 10.6 Å². The van der Waals surface area contributed by atoms with Crippen LogP contribution in [0.1, 0.15) is 16.7 Å². The summed E-state index contributed by atoms with van der Waals surface area (Å²) in [5.74, 6) is -0.917. The molecule has 5 nitrogen and oxygen atoms in total. The highest BCUT2D eigenvalue weighted by molar-refractivity contribution is 8.19. The van der Waals surface area contributed by atoms with Gasteiger partial charge < -0.3 is 10.2 Å². The van der Waals surface area contributed by atoms with Gasteiger partial charge in [0.1, 0.15) is 0 Å². The van der Waals surface area contributed by atoms with Gasteiger partial charge >= 0.3 is 0 Å². The SMILES string of the molecule is Cc1ccc(C)c(N2C(=O)S/C(=C\c3ccc(O)c(O)c3)C2=O)c1. The molecule has 0 atom stereocenters. The molecule has 1 aliphatic heterocycles. The van der Waals surface area contributed by atoms with Gasteiger partial charge in [0, 0.05) is 0 Å². The van der Waals surface area contributed by atoms with Crippen LogP contribution in [0.25, 0.3) is 6.08 Å². The summed E-state index contributed by atoms with van der Waals surface area (Å²) in [4.78, 5) is 26.4. The van der Waals surface area contributed by atoms with E-state index < -0.39 is 5.91 Å². The molecule has 6 heteroatoms. The Morgan fingerprint density at radius 2 is 1.75 bits per heavy atom. The molecule has 1 saturated heterocycles. The van der Waals surface area contributed by atoms with Crippen molar-refractivity contribution in [2.75, 3.05) is 4.90 Å². The van der Waals surface area contributed by atoms with E-state index in [2.05, 4.69) is 0 Å². The smallest absolute Gasteiger partial charge is 0.298 e. The second-order valence-electron chi connectivity index (χ2n) is 5.56. The average Bonchev–Trinajstić information content (AvgIpc) is 2.80. The van der Waals surface area contributed by atoms with Crippen LogP contribution in [0.15, 0.2) is 41.3 Å². The molecule has 0 aromatic heterocycles. The van der Waals surface area contributed by atoms with E-state index in [0.717, 1.165) is 22.9 Å². The first-order valence-electron chi connectivity index (χ1n) is 7.24. The second-order valence-corrected chi connectivity index (χ2v) is 6.55. The predicted octanol–water partition coefficient (Wildman–Crippen LogP) is 3.96. The summed E-state index contributed by atoms with van der Waals surface area (Å²) in [7, 11) is 0. The normalized spacial score (nSPS) is 16.2. The van der Waals surface area contributed by atoms with Crippen LogP contribution in [0.3, 0.4) is 0 Å². The van der Waals surface area contributed by atoms with Gasteiger partial charge in [-0.25, -0.2) is 4.90 Å². The van der Waals surface area contributed by atoms with Crippen LogP contribution in [0.2, 0.25) is 0 Å². The number of aryl methyl sites for hydroxylation is 2. The maximum Gasteiger partial charge on any atom is 0.298 e. The summed E-state index contributed by atoms with van der Waals surface area (Å²) in [6.45, 7) is 3.75. The quantitative estimate of drug-likeness (QED) is 0.639. The number of thioether (sulfide) groups is 1. The van der Waals surface area contributed by atoms with Crippen LogP contribution in [-0.2, 0) is 4.79 Å². The van der Waals surface area contributed by atoms with Crippen LogP contribution in [0, 0.1) is 13.8 Å². The Bertz CT molecular complexity index is 889. The highest BCUT2D eigenvalue weighted by atomic mass is 32.2. The number of nitrogens with zero attached hydrogens (tertiary/aromatic N) is 1. The number of phenols is 2. The van der Waals surface area contributed by atoms with Gasteiger partial charge in [-0.1, -0.05) is 18.2 Å². The molecule has 0 aliphatic carbocycles. The fourth-order valence-electron chi connectivity index (χ4n) is 2.42. The van der Waals surface area contributed by atoms with Gasteiger partial charge in [-0.2, -0.15) is 0 Å². The van der Waals surface area contributed by atoms with Crippen LogP contribution < -0.4 is 4.90 Å². The summed E-state index contributed by atoms with van der Waals surface area (Å²) in [6, 6.07) is 9.82. The van der Waals surface area contributed by atoms with E-state index in [-0.39, 0.29) is 21.6 Å². The first-order chi connectivity index (χ1) is 11.4. The monoisotopic (exact) mass is 341 g/mol. The van der Waals surface area contributed by atoms with Crippen molar-refractivity contribution in [1.82, 2.24) is 0 Å². The number of amides is 2. The largest absolute Gasteiger partial charge is 0.504 e. The topological polar surface area (TPSA) is 77.8 Å². The van der Waals surface area contributed by atoms with Crippen molar-refractivity contribution < 1.29 is 19.8 Å². The zero-order chi connectivity index (χ0) is 17.4. The third-order valence-electron chi connectivity index (χ3n) is 3.70. The summed E-state index contributed by atoms with van der Waals surface area (Å²) in [6.07, 6.45) is 1.52. The highest BCUT2D eigenvalue weighted by Crippen LogP contribution is 2.38. The summed E-state index contributed by atoms with van der Waals surface area (Å²) < 4.78 is 0. The molecule has 0 radical (unpaired) electrons. The van der Waals surface area contributed by atoms with Crippen LogP contribution >= 0.6 is 11.8 Å². The van der Waals surface area contributed by atoms with Gasteiger partial charge in [-0.15, -0.1) is 0 Å². The summed E-state index contributed by atoms with van der Waals surface area (Å²) >= 11 is 0.850. The van der Waals surface area contributed by atoms with Gasteiger partial charge in [0.15, 0.2) is 11.5 Å². The number of benzene rings is 2. The minimum Gasteiger partial charge on any atom is -0.504 e. The molecule has 1 fully saturated rings. The lowest BCUT2D eigenvalue weighted by atomic mass is 10.1. The van der Waals surface area contributed by atoms with Crippen molar-refractivity contribution in [3.05, 3.63) is 58.0 Å². The Morgan fingerprint density at radius 1 is 1.00 bits per heavy atom. The Kier molecular flexibility index (Phi) is 4.07. The molecule has 2 aromatic carbocycles. The molecule has 1 aliphatic rings. The number of phenolic OH excluding ortho intramolecular Hbond substituents is 2. The molecule has 2 aromatic rings. The van der Waals surface area contributed by atoms with E-state index in [0.29, 0.717) is 11.3 Å². The van der Waals surface area contributed by atoms with Gasteiger partial charge in [0.25, 0.3) is 11.1 Å². The first-order valence-corrected chi connectivity index (χ1v) is 8.05. The molecule has 1 heterocycles. The van der Waals surface area contributed by atoms with Crippen LogP contribution in [0.5, 0.6) is 11.5 Å². The standard InChI is InChI=1S/C18H15NO4S/c1-10-3-4-11(2)13(7-10)19-17(22)16(24-18(19)23)9-12-5-6-14(20)15(21)8-12/h3-9,20-21H,1-2H3/b16-9-. The molecule has 0 spiro atoms. The Labute approximate surface area is 143 Å². The highest BCUT2D eigenvalue weighted by Gasteiger charge is 2.37. The second kappa shape index (κ2) is 6.05. The number of anilines is 1. The minimum absolute atomic E-state index is 0.240. The molecular formula is C18H15NO4S. The number of carbonyl (C=O) groups is 2.